The summed E-state index contributed by atoms with van der Waals surface area (Å²) >= 11 is 1.59. The number of aryl methyl sites for hydroxylation is 1. The molecule has 1 aliphatic heterocycles. The van der Waals surface area contributed by atoms with E-state index in [4.69, 9.17) is 4.42 Å². The van der Waals surface area contributed by atoms with Crippen LogP contribution in [0.25, 0.3) is 0 Å². The van der Waals surface area contributed by atoms with Crippen molar-refractivity contribution in [1.29, 1.82) is 0 Å². The summed E-state index contributed by atoms with van der Waals surface area (Å²) in [6.45, 7) is 3.95. The second-order valence-electron chi connectivity index (χ2n) is 7.07. The van der Waals surface area contributed by atoms with Crippen LogP contribution in [0, 0.1) is 13.8 Å². The lowest BCUT2D eigenvalue weighted by Gasteiger charge is -2.22. The second-order valence-corrected chi connectivity index (χ2v) is 8.31. The summed E-state index contributed by atoms with van der Waals surface area (Å²) in [5, 5.41) is 2.83. The number of amides is 2. The molecule has 2 aromatic carbocycles. The van der Waals surface area contributed by atoms with Gasteiger partial charge in [0.05, 0.1) is 17.2 Å². The topological polar surface area (TPSA) is 62.6 Å². The first-order valence-corrected chi connectivity index (χ1v) is 10.4. The van der Waals surface area contributed by atoms with E-state index in [9.17, 15) is 9.59 Å². The number of carbonyl (C=O) groups is 2. The standard InChI is InChI=1S/C23H22N2O3S/c1-15-7-5-8-17(16(15)2)24-22(26)14-25-18-9-3-4-11-20(18)29-21(13-23(25)27)19-10-6-12-28-19/h3-12,21H,13-14H2,1-2H3,(H,24,26)/t21-/m0/s1. The predicted octanol–water partition coefficient (Wildman–Crippen LogP) is 5.11. The normalized spacial score (nSPS) is 16.3. The molecule has 1 atom stereocenters. The van der Waals surface area contributed by atoms with E-state index >= 15 is 0 Å². The van der Waals surface area contributed by atoms with E-state index in [1.165, 1.54) is 0 Å². The number of thioether (sulfide) groups is 1. The number of anilines is 2. The molecule has 1 aliphatic rings. The zero-order chi connectivity index (χ0) is 20.4. The van der Waals surface area contributed by atoms with Gasteiger partial charge in [-0.15, -0.1) is 11.8 Å². The molecule has 4 rings (SSSR count). The van der Waals surface area contributed by atoms with Crippen LogP contribution in [0.5, 0.6) is 0 Å². The lowest BCUT2D eigenvalue weighted by Crippen LogP contribution is -2.38. The van der Waals surface area contributed by atoms with Crippen molar-refractivity contribution in [3.05, 3.63) is 77.7 Å². The van der Waals surface area contributed by atoms with Gasteiger partial charge in [-0.25, -0.2) is 0 Å². The highest BCUT2D eigenvalue weighted by atomic mass is 32.2. The highest BCUT2D eigenvalue weighted by Crippen LogP contribution is 2.45. The van der Waals surface area contributed by atoms with Crippen molar-refractivity contribution >= 4 is 35.0 Å². The van der Waals surface area contributed by atoms with Crippen molar-refractivity contribution < 1.29 is 14.0 Å². The van der Waals surface area contributed by atoms with Gasteiger partial charge in [0, 0.05) is 17.0 Å². The third kappa shape index (κ3) is 4.07. The quantitative estimate of drug-likeness (QED) is 0.654. The van der Waals surface area contributed by atoms with Gasteiger partial charge in [-0.1, -0.05) is 24.3 Å². The predicted molar refractivity (Wildman–Crippen MR) is 115 cm³/mol. The zero-order valence-corrected chi connectivity index (χ0v) is 17.2. The zero-order valence-electron chi connectivity index (χ0n) is 16.3. The van der Waals surface area contributed by atoms with E-state index < -0.39 is 0 Å². The average molecular weight is 407 g/mol. The third-order valence-electron chi connectivity index (χ3n) is 5.13. The molecule has 0 spiro atoms. The Bertz CT molecular complexity index is 1050. The molecule has 6 heteroatoms. The van der Waals surface area contributed by atoms with Gasteiger partial charge in [0.1, 0.15) is 12.3 Å². The molecule has 148 valence electrons. The molecule has 0 saturated heterocycles. The second kappa shape index (κ2) is 8.17. The summed E-state index contributed by atoms with van der Waals surface area (Å²) < 4.78 is 5.54. The minimum atomic E-state index is -0.219. The van der Waals surface area contributed by atoms with Crippen LogP contribution in [-0.4, -0.2) is 18.4 Å². The molecule has 2 heterocycles. The number of nitrogens with zero attached hydrogens (tertiary/aromatic N) is 1. The van der Waals surface area contributed by atoms with Gasteiger partial charge in [0.25, 0.3) is 0 Å². The van der Waals surface area contributed by atoms with Crippen LogP contribution in [0.1, 0.15) is 28.6 Å². The highest BCUT2D eigenvalue weighted by Gasteiger charge is 2.31. The van der Waals surface area contributed by atoms with Crippen molar-refractivity contribution in [1.82, 2.24) is 0 Å². The Hall–Kier alpha value is -2.99. The van der Waals surface area contributed by atoms with Gasteiger partial charge >= 0.3 is 0 Å². The maximum Gasteiger partial charge on any atom is 0.244 e. The molecule has 1 aromatic heterocycles. The van der Waals surface area contributed by atoms with Gasteiger partial charge in [0.2, 0.25) is 11.8 Å². The van der Waals surface area contributed by atoms with E-state index in [2.05, 4.69) is 5.32 Å². The minimum Gasteiger partial charge on any atom is -0.468 e. The van der Waals surface area contributed by atoms with Gasteiger partial charge in [-0.3, -0.25) is 9.59 Å². The molecule has 0 unspecified atom stereocenters. The molecule has 0 saturated carbocycles. The first kappa shape index (κ1) is 19.3. The molecule has 2 amide bonds. The number of rotatable bonds is 4. The monoisotopic (exact) mass is 406 g/mol. The van der Waals surface area contributed by atoms with Gasteiger partial charge < -0.3 is 14.6 Å². The van der Waals surface area contributed by atoms with E-state index in [0.29, 0.717) is 0 Å². The smallest absolute Gasteiger partial charge is 0.244 e. The van der Waals surface area contributed by atoms with Crippen LogP contribution >= 0.6 is 11.8 Å². The molecular weight excluding hydrogens is 384 g/mol. The molecular formula is C23H22N2O3S. The number of hydrogen-bond donors (Lipinski definition) is 1. The molecule has 5 nitrogen and oxygen atoms in total. The van der Waals surface area contributed by atoms with Crippen LogP contribution in [0.15, 0.2) is 70.2 Å². The van der Waals surface area contributed by atoms with E-state index in [1.54, 1.807) is 22.9 Å². The molecule has 0 radical (unpaired) electrons. The Morgan fingerprint density at radius 3 is 2.76 bits per heavy atom. The first-order chi connectivity index (χ1) is 14.0. The average Bonchev–Trinajstić information content (AvgIpc) is 3.20. The van der Waals surface area contributed by atoms with Crippen LogP contribution in [0.4, 0.5) is 11.4 Å². The molecule has 3 aromatic rings. The number of carbonyl (C=O) groups excluding carboxylic acids is 2. The summed E-state index contributed by atoms with van der Waals surface area (Å²) in [4.78, 5) is 28.4. The van der Waals surface area contributed by atoms with E-state index in [1.807, 2.05) is 68.4 Å². The summed E-state index contributed by atoms with van der Waals surface area (Å²) in [5.41, 5.74) is 3.66. The lowest BCUT2D eigenvalue weighted by molar-refractivity contribution is -0.121. The van der Waals surface area contributed by atoms with Crippen molar-refractivity contribution in [3.8, 4) is 0 Å². The highest BCUT2D eigenvalue weighted by molar-refractivity contribution is 7.99. The van der Waals surface area contributed by atoms with Crippen LogP contribution in [-0.2, 0) is 9.59 Å². The molecule has 1 N–H and O–H groups in total. The Labute approximate surface area is 174 Å². The Balaban J connectivity index is 1.59. The third-order valence-corrected chi connectivity index (χ3v) is 6.41. The van der Waals surface area contributed by atoms with Crippen molar-refractivity contribution in [2.24, 2.45) is 0 Å². The van der Waals surface area contributed by atoms with Gasteiger partial charge in [-0.2, -0.15) is 0 Å². The first-order valence-electron chi connectivity index (χ1n) is 9.48. The van der Waals surface area contributed by atoms with Gasteiger partial charge in [0.15, 0.2) is 0 Å². The lowest BCUT2D eigenvalue weighted by atomic mass is 10.1. The van der Waals surface area contributed by atoms with Crippen LogP contribution < -0.4 is 10.2 Å². The number of furan rings is 1. The Kier molecular flexibility index (Phi) is 5.45. The molecule has 0 aliphatic carbocycles. The summed E-state index contributed by atoms with van der Waals surface area (Å²) in [6, 6.07) is 17.2. The maximum atomic E-state index is 13.1. The number of para-hydroxylation sites is 1. The van der Waals surface area contributed by atoms with Crippen molar-refractivity contribution in [2.75, 3.05) is 16.8 Å². The van der Waals surface area contributed by atoms with Crippen LogP contribution in [0.3, 0.4) is 0 Å². The fourth-order valence-electron chi connectivity index (χ4n) is 3.40. The Morgan fingerprint density at radius 1 is 1.14 bits per heavy atom. The number of hydrogen-bond acceptors (Lipinski definition) is 4. The fraction of sp³-hybridized carbons (Fsp3) is 0.217. The van der Waals surface area contributed by atoms with Crippen molar-refractivity contribution in [2.45, 2.75) is 30.4 Å². The largest absolute Gasteiger partial charge is 0.468 e. The number of fused-ring (bicyclic) bond motifs is 1. The summed E-state index contributed by atoms with van der Waals surface area (Å²) in [7, 11) is 0. The van der Waals surface area contributed by atoms with Crippen LogP contribution in [0.2, 0.25) is 0 Å². The fourth-order valence-corrected chi connectivity index (χ4v) is 4.64. The van der Waals surface area contributed by atoms with E-state index in [0.717, 1.165) is 33.2 Å². The molecule has 29 heavy (non-hydrogen) atoms. The van der Waals surface area contributed by atoms with E-state index in [-0.39, 0.29) is 30.0 Å². The minimum absolute atomic E-state index is 0.0331. The number of nitrogens with one attached hydrogen (secondary N) is 1. The molecule has 0 fully saturated rings. The van der Waals surface area contributed by atoms with Gasteiger partial charge in [-0.05, 0) is 55.3 Å². The summed E-state index contributed by atoms with van der Waals surface area (Å²) in [5.74, 6) is 0.447. The SMILES string of the molecule is Cc1cccc(NC(=O)CN2C(=O)C[C@@H](c3ccco3)Sc3ccccc32)c1C. The Morgan fingerprint density at radius 2 is 1.97 bits per heavy atom. The summed E-state index contributed by atoms with van der Waals surface area (Å²) in [6.07, 6.45) is 1.89. The maximum absolute atomic E-state index is 13.1. The van der Waals surface area contributed by atoms with Crippen molar-refractivity contribution in [3.63, 3.8) is 0 Å². The molecule has 0 bridgehead atoms. The number of benzene rings is 2.